The zero-order valence-corrected chi connectivity index (χ0v) is 13.9. The molecule has 0 fully saturated rings. The fourth-order valence-electron chi connectivity index (χ4n) is 2.45. The summed E-state index contributed by atoms with van der Waals surface area (Å²) in [5.74, 6) is -21.8. The van der Waals surface area contributed by atoms with Gasteiger partial charge in [-0.25, -0.2) is 31.5 Å². The van der Waals surface area contributed by atoms with Crippen molar-refractivity contribution in [1.82, 2.24) is 0 Å². The molecule has 0 aliphatic carbocycles. The molecule has 2 aromatic carbocycles. The van der Waals surface area contributed by atoms with Crippen LogP contribution in [0.2, 0.25) is 0 Å². The standard InChI is InChI=1S/C15H3F11O5/c16-5-1-2(6(17)3(11(27)28)8(19)7(1)18)10(9(20)4(5)12(29)30)31-13(14(21,22)23)15(24,25)26/h13H,(H,27,28)(H,29,30). The minimum absolute atomic E-state index is 2.29. The molecule has 2 aromatic rings. The summed E-state index contributed by atoms with van der Waals surface area (Å²) in [6, 6.07) is 0. The van der Waals surface area contributed by atoms with E-state index in [-0.39, 0.29) is 0 Å². The highest BCUT2D eigenvalue weighted by atomic mass is 19.4. The van der Waals surface area contributed by atoms with E-state index >= 15 is 0 Å². The van der Waals surface area contributed by atoms with E-state index in [0.29, 0.717) is 0 Å². The van der Waals surface area contributed by atoms with Crippen LogP contribution in [0.1, 0.15) is 20.7 Å². The predicted octanol–water partition coefficient (Wildman–Crippen LogP) is 4.80. The van der Waals surface area contributed by atoms with Crippen LogP contribution in [0.15, 0.2) is 0 Å². The summed E-state index contributed by atoms with van der Waals surface area (Å²) in [5, 5.41) is 12.9. The zero-order valence-electron chi connectivity index (χ0n) is 13.9. The summed E-state index contributed by atoms with van der Waals surface area (Å²) in [5.41, 5.74) is -4.78. The number of carboxylic acids is 2. The first kappa shape index (κ1) is 23.9. The number of fused-ring (bicyclic) bond motifs is 1. The summed E-state index contributed by atoms with van der Waals surface area (Å²) >= 11 is 0. The Bertz CT molecular complexity index is 1090. The number of hydrogen-bond donors (Lipinski definition) is 2. The Kier molecular flexibility index (Phi) is 5.73. The maximum atomic E-state index is 14.4. The Morgan fingerprint density at radius 2 is 1.03 bits per heavy atom. The third-order valence-electron chi connectivity index (χ3n) is 3.66. The van der Waals surface area contributed by atoms with E-state index in [4.69, 9.17) is 10.2 Å². The van der Waals surface area contributed by atoms with Crippen LogP contribution in [0.4, 0.5) is 48.3 Å². The summed E-state index contributed by atoms with van der Waals surface area (Å²) in [7, 11) is 0. The van der Waals surface area contributed by atoms with Crippen molar-refractivity contribution in [2.24, 2.45) is 0 Å². The van der Waals surface area contributed by atoms with Gasteiger partial charge in [0.05, 0.1) is 10.8 Å². The lowest BCUT2D eigenvalue weighted by Crippen LogP contribution is -2.46. The predicted molar refractivity (Wildman–Crippen MR) is 74.2 cm³/mol. The van der Waals surface area contributed by atoms with Crippen molar-refractivity contribution in [2.45, 2.75) is 18.5 Å². The Morgan fingerprint density at radius 1 is 0.645 bits per heavy atom. The molecular formula is C15H3F11O5. The van der Waals surface area contributed by atoms with Crippen LogP contribution >= 0.6 is 0 Å². The SMILES string of the molecule is O=C(O)c1c(F)c(OC(C(F)(F)F)C(F)(F)F)c2c(F)c(C(=O)O)c(F)c(F)c2c1F. The van der Waals surface area contributed by atoms with Crippen molar-refractivity contribution in [1.29, 1.82) is 0 Å². The quantitative estimate of drug-likeness (QED) is 0.494. The van der Waals surface area contributed by atoms with E-state index in [9.17, 15) is 57.9 Å². The molecule has 2 N–H and O–H groups in total. The van der Waals surface area contributed by atoms with E-state index < -0.39 is 87.1 Å². The fraction of sp³-hybridized carbons (Fsp3) is 0.200. The van der Waals surface area contributed by atoms with Crippen LogP contribution in [-0.2, 0) is 0 Å². The largest absolute Gasteiger partial charge is 0.477 e. The minimum Gasteiger partial charge on any atom is -0.477 e. The van der Waals surface area contributed by atoms with E-state index in [0.717, 1.165) is 0 Å². The van der Waals surface area contributed by atoms with Gasteiger partial charge in [0.25, 0.3) is 6.10 Å². The molecule has 0 spiro atoms. The van der Waals surface area contributed by atoms with Gasteiger partial charge >= 0.3 is 24.3 Å². The number of aromatic carboxylic acids is 2. The summed E-state index contributed by atoms with van der Waals surface area (Å²) in [6.07, 6.45) is -17.8. The Labute approximate surface area is 161 Å². The molecule has 31 heavy (non-hydrogen) atoms. The first-order valence-corrected chi connectivity index (χ1v) is 7.20. The Hall–Kier alpha value is -3.33. The first-order chi connectivity index (χ1) is 13.9. The van der Waals surface area contributed by atoms with Gasteiger partial charge in [-0.05, 0) is 0 Å². The number of halogens is 11. The number of ether oxygens (including phenoxy) is 1. The van der Waals surface area contributed by atoms with Gasteiger partial charge in [-0.15, -0.1) is 0 Å². The zero-order chi connectivity index (χ0) is 24.2. The van der Waals surface area contributed by atoms with E-state index in [1.54, 1.807) is 0 Å². The molecule has 0 aliphatic rings. The highest BCUT2D eigenvalue weighted by Gasteiger charge is 2.59. The number of carboxylic acid groups (broad SMARTS) is 2. The second-order valence-electron chi connectivity index (χ2n) is 5.59. The van der Waals surface area contributed by atoms with Crippen LogP contribution in [0.3, 0.4) is 0 Å². The maximum absolute atomic E-state index is 14.4. The van der Waals surface area contributed by atoms with Crippen LogP contribution in [0.5, 0.6) is 5.75 Å². The van der Waals surface area contributed by atoms with E-state index in [1.807, 2.05) is 0 Å². The normalized spacial score (nSPS) is 12.5. The Balaban J connectivity index is 3.15. The highest BCUT2D eigenvalue weighted by molar-refractivity contribution is 6.02. The molecule has 0 atom stereocenters. The average molecular weight is 472 g/mol. The van der Waals surface area contributed by atoms with Crippen LogP contribution in [-0.4, -0.2) is 40.6 Å². The number of benzene rings is 2. The number of alkyl halides is 6. The molecule has 0 bridgehead atoms. The third-order valence-corrected chi connectivity index (χ3v) is 3.66. The van der Waals surface area contributed by atoms with Gasteiger partial charge in [-0.3, -0.25) is 0 Å². The summed E-state index contributed by atoms with van der Waals surface area (Å²) in [6.45, 7) is 0. The van der Waals surface area contributed by atoms with Gasteiger partial charge in [0.1, 0.15) is 11.1 Å². The topological polar surface area (TPSA) is 83.8 Å². The van der Waals surface area contributed by atoms with Gasteiger partial charge in [0, 0.05) is 0 Å². The van der Waals surface area contributed by atoms with Crippen LogP contribution in [0.25, 0.3) is 10.8 Å². The smallest absolute Gasteiger partial charge is 0.434 e. The van der Waals surface area contributed by atoms with Crippen molar-refractivity contribution in [3.63, 3.8) is 0 Å². The van der Waals surface area contributed by atoms with Crippen LogP contribution in [0, 0.1) is 29.1 Å². The molecule has 16 heteroatoms. The lowest BCUT2D eigenvalue weighted by molar-refractivity contribution is -0.300. The molecule has 0 unspecified atom stereocenters. The highest BCUT2D eigenvalue weighted by Crippen LogP contribution is 2.44. The van der Waals surface area contributed by atoms with E-state index in [1.165, 1.54) is 0 Å². The number of rotatable bonds is 4. The lowest BCUT2D eigenvalue weighted by Gasteiger charge is -2.25. The lowest BCUT2D eigenvalue weighted by atomic mass is 9.99. The van der Waals surface area contributed by atoms with Crippen molar-refractivity contribution >= 4 is 22.7 Å². The molecule has 170 valence electrons. The van der Waals surface area contributed by atoms with Crippen molar-refractivity contribution in [3.05, 3.63) is 40.2 Å². The number of hydrogen-bond acceptors (Lipinski definition) is 3. The molecule has 0 saturated carbocycles. The van der Waals surface area contributed by atoms with Crippen LogP contribution < -0.4 is 4.74 Å². The van der Waals surface area contributed by atoms with Crippen molar-refractivity contribution < 1.29 is 72.8 Å². The monoisotopic (exact) mass is 472 g/mol. The third kappa shape index (κ3) is 3.88. The average Bonchev–Trinajstić information content (AvgIpc) is 2.55. The van der Waals surface area contributed by atoms with Gasteiger partial charge in [-0.1, -0.05) is 0 Å². The van der Waals surface area contributed by atoms with Gasteiger partial charge in [0.15, 0.2) is 34.8 Å². The molecule has 0 aliphatic heterocycles. The van der Waals surface area contributed by atoms with E-state index in [2.05, 4.69) is 4.74 Å². The van der Waals surface area contributed by atoms with Gasteiger partial charge in [-0.2, -0.15) is 26.3 Å². The molecule has 2 rings (SSSR count). The molecule has 0 radical (unpaired) electrons. The molecule has 0 aromatic heterocycles. The summed E-state index contributed by atoms with van der Waals surface area (Å²) in [4.78, 5) is 21.9. The molecule has 0 heterocycles. The van der Waals surface area contributed by atoms with Crippen molar-refractivity contribution in [3.8, 4) is 5.75 Å². The minimum atomic E-state index is -6.40. The Morgan fingerprint density at radius 3 is 1.42 bits per heavy atom. The maximum Gasteiger partial charge on any atom is 0.434 e. The fourth-order valence-corrected chi connectivity index (χ4v) is 2.45. The molecular weight excluding hydrogens is 469 g/mol. The van der Waals surface area contributed by atoms with Gasteiger partial charge < -0.3 is 14.9 Å². The second-order valence-corrected chi connectivity index (χ2v) is 5.59. The first-order valence-electron chi connectivity index (χ1n) is 7.20. The number of carbonyl (C=O) groups is 2. The van der Waals surface area contributed by atoms with Crippen molar-refractivity contribution in [2.75, 3.05) is 0 Å². The molecule has 0 saturated heterocycles. The summed E-state index contributed by atoms with van der Waals surface area (Å²) < 4.78 is 151. The van der Waals surface area contributed by atoms with Gasteiger partial charge in [0.2, 0.25) is 0 Å². The molecule has 5 nitrogen and oxygen atoms in total. The molecule has 0 amide bonds. The second kappa shape index (κ2) is 7.42.